The fourth-order valence-corrected chi connectivity index (χ4v) is 2.78. The molecule has 0 radical (unpaired) electrons. The molecule has 9 heteroatoms. The minimum absolute atomic E-state index is 0.117. The van der Waals surface area contributed by atoms with Gasteiger partial charge >= 0.3 is 6.03 Å². The molecule has 106 valence electrons. The van der Waals surface area contributed by atoms with E-state index in [4.69, 9.17) is 4.74 Å². The predicted octanol–water partition coefficient (Wildman–Crippen LogP) is -0.0806. The molecule has 0 spiro atoms. The summed E-state index contributed by atoms with van der Waals surface area (Å²) in [6.45, 7) is 4.93. The highest BCUT2D eigenvalue weighted by Crippen LogP contribution is 2.32. The summed E-state index contributed by atoms with van der Waals surface area (Å²) in [5.74, 6) is 0.163. The Balaban J connectivity index is 2.34. The van der Waals surface area contributed by atoms with Crippen molar-refractivity contribution in [3.8, 4) is 5.88 Å². The fraction of sp³-hybridized carbons (Fsp3) is 0.600. The molecule has 0 aliphatic carbocycles. The van der Waals surface area contributed by atoms with Crippen molar-refractivity contribution in [1.29, 1.82) is 0 Å². The number of carbonyl (C=O) groups excluding carboxylic acids is 1. The van der Waals surface area contributed by atoms with Crippen molar-refractivity contribution in [2.24, 2.45) is 5.41 Å². The first-order valence-corrected chi connectivity index (χ1v) is 7.17. The van der Waals surface area contributed by atoms with E-state index in [1.54, 1.807) is 0 Å². The zero-order chi connectivity index (χ0) is 14.3. The molecule has 2 heterocycles. The Bertz CT molecular complexity index is 605. The molecule has 1 aromatic heterocycles. The highest BCUT2D eigenvalue weighted by atomic mass is 32.2. The minimum Gasteiger partial charge on any atom is -0.476 e. The van der Waals surface area contributed by atoms with Crippen LogP contribution in [0.3, 0.4) is 0 Å². The van der Waals surface area contributed by atoms with E-state index in [9.17, 15) is 13.2 Å². The zero-order valence-corrected chi connectivity index (χ0v) is 11.7. The molecule has 0 saturated heterocycles. The number of nitrogens with one attached hydrogen (secondary N) is 2. The lowest BCUT2D eigenvalue weighted by atomic mass is 9.94. The Morgan fingerprint density at radius 2 is 2.21 bits per heavy atom. The summed E-state index contributed by atoms with van der Waals surface area (Å²) in [5.41, 5.74) is -0.117. The average molecular weight is 288 g/mol. The SMILES string of the molecule is CNC(=O)NS(=O)(=O)c1cnn2c1OCC(C)(C)C2. The minimum atomic E-state index is -3.98. The topological polar surface area (TPSA) is 102 Å². The lowest BCUT2D eigenvalue weighted by Gasteiger charge is -2.30. The van der Waals surface area contributed by atoms with Crippen LogP contribution in [-0.2, 0) is 16.6 Å². The molecule has 0 fully saturated rings. The van der Waals surface area contributed by atoms with Crippen molar-refractivity contribution in [1.82, 2.24) is 19.8 Å². The van der Waals surface area contributed by atoms with Crippen molar-refractivity contribution in [3.63, 3.8) is 0 Å². The van der Waals surface area contributed by atoms with Crippen molar-refractivity contribution in [2.45, 2.75) is 25.3 Å². The molecule has 2 amide bonds. The van der Waals surface area contributed by atoms with Gasteiger partial charge in [-0.2, -0.15) is 5.10 Å². The van der Waals surface area contributed by atoms with E-state index in [0.29, 0.717) is 13.2 Å². The highest BCUT2D eigenvalue weighted by molar-refractivity contribution is 7.90. The van der Waals surface area contributed by atoms with Gasteiger partial charge in [-0.1, -0.05) is 13.8 Å². The lowest BCUT2D eigenvalue weighted by Crippen LogP contribution is -2.38. The summed E-state index contributed by atoms with van der Waals surface area (Å²) in [6, 6.07) is -0.809. The van der Waals surface area contributed by atoms with Gasteiger partial charge in [0.05, 0.1) is 19.3 Å². The number of rotatable bonds is 2. The van der Waals surface area contributed by atoms with Crippen molar-refractivity contribution in [2.75, 3.05) is 13.7 Å². The fourth-order valence-electron chi connectivity index (χ4n) is 1.74. The predicted molar refractivity (Wildman–Crippen MR) is 66.3 cm³/mol. The van der Waals surface area contributed by atoms with Gasteiger partial charge in [0.1, 0.15) is 0 Å². The molecule has 2 rings (SSSR count). The zero-order valence-electron chi connectivity index (χ0n) is 10.9. The summed E-state index contributed by atoms with van der Waals surface area (Å²) >= 11 is 0. The molecule has 19 heavy (non-hydrogen) atoms. The van der Waals surface area contributed by atoms with Gasteiger partial charge in [0.2, 0.25) is 5.88 Å². The molecule has 1 aromatic rings. The van der Waals surface area contributed by atoms with E-state index in [1.165, 1.54) is 17.9 Å². The number of hydrogen-bond acceptors (Lipinski definition) is 5. The van der Waals surface area contributed by atoms with E-state index in [2.05, 4.69) is 10.4 Å². The summed E-state index contributed by atoms with van der Waals surface area (Å²) in [5, 5.41) is 6.17. The molecule has 0 bridgehead atoms. The number of urea groups is 1. The van der Waals surface area contributed by atoms with Crippen LogP contribution in [0.25, 0.3) is 0 Å². The molecule has 0 atom stereocenters. The van der Waals surface area contributed by atoms with Gasteiger partial charge in [0, 0.05) is 12.5 Å². The van der Waals surface area contributed by atoms with E-state index in [0.717, 1.165) is 0 Å². The third-order valence-electron chi connectivity index (χ3n) is 2.68. The van der Waals surface area contributed by atoms with Gasteiger partial charge in [0.15, 0.2) is 4.90 Å². The Hall–Kier alpha value is -1.77. The number of nitrogens with zero attached hydrogens (tertiary/aromatic N) is 2. The van der Waals surface area contributed by atoms with Crippen LogP contribution in [0.5, 0.6) is 5.88 Å². The Morgan fingerprint density at radius 3 is 2.84 bits per heavy atom. The normalized spacial score (nSPS) is 17.2. The molecule has 8 nitrogen and oxygen atoms in total. The molecule has 1 aliphatic heterocycles. The summed E-state index contributed by atoms with van der Waals surface area (Å²) in [7, 11) is -2.65. The Labute approximate surface area is 111 Å². The second-order valence-electron chi connectivity index (χ2n) is 5.11. The van der Waals surface area contributed by atoms with Crippen LogP contribution in [0.2, 0.25) is 0 Å². The monoisotopic (exact) mass is 288 g/mol. The number of fused-ring (bicyclic) bond motifs is 1. The van der Waals surface area contributed by atoms with Crippen molar-refractivity contribution >= 4 is 16.1 Å². The number of sulfonamides is 1. The molecule has 0 unspecified atom stereocenters. The second-order valence-corrected chi connectivity index (χ2v) is 6.76. The van der Waals surface area contributed by atoms with Gasteiger partial charge in [-0.05, 0) is 0 Å². The third kappa shape index (κ3) is 2.65. The quantitative estimate of drug-likeness (QED) is 0.792. The molecule has 1 aliphatic rings. The smallest absolute Gasteiger partial charge is 0.328 e. The number of carbonyl (C=O) groups is 1. The summed E-state index contributed by atoms with van der Waals surface area (Å²) in [6.07, 6.45) is 1.18. The number of amides is 2. The van der Waals surface area contributed by atoms with Crippen LogP contribution in [0.1, 0.15) is 13.8 Å². The highest BCUT2D eigenvalue weighted by Gasteiger charge is 2.33. The van der Waals surface area contributed by atoms with Crippen molar-refractivity contribution < 1.29 is 17.9 Å². The van der Waals surface area contributed by atoms with Gasteiger partial charge in [-0.15, -0.1) is 0 Å². The lowest BCUT2D eigenvalue weighted by molar-refractivity contribution is 0.0970. The maximum absolute atomic E-state index is 12.0. The molecular formula is C10H16N4O4S. The first-order valence-electron chi connectivity index (χ1n) is 5.68. The Kier molecular flexibility index (Phi) is 3.17. The largest absolute Gasteiger partial charge is 0.476 e. The average Bonchev–Trinajstić information content (AvgIpc) is 2.70. The van der Waals surface area contributed by atoms with E-state index in [-0.39, 0.29) is 16.2 Å². The maximum atomic E-state index is 12.0. The van der Waals surface area contributed by atoms with Crippen LogP contribution in [0.15, 0.2) is 11.1 Å². The molecular weight excluding hydrogens is 272 g/mol. The van der Waals surface area contributed by atoms with E-state index >= 15 is 0 Å². The summed E-state index contributed by atoms with van der Waals surface area (Å²) < 4.78 is 32.8. The summed E-state index contributed by atoms with van der Waals surface area (Å²) in [4.78, 5) is 11.0. The van der Waals surface area contributed by atoms with Crippen molar-refractivity contribution in [3.05, 3.63) is 6.20 Å². The van der Waals surface area contributed by atoms with E-state index in [1.807, 2.05) is 18.6 Å². The molecule has 0 saturated carbocycles. The van der Waals surface area contributed by atoms with E-state index < -0.39 is 16.1 Å². The number of aromatic nitrogens is 2. The first kappa shape index (κ1) is 13.7. The van der Waals surface area contributed by atoms with Gasteiger partial charge < -0.3 is 10.1 Å². The van der Waals surface area contributed by atoms with Crippen LogP contribution in [0, 0.1) is 5.41 Å². The first-order chi connectivity index (χ1) is 8.75. The third-order valence-corrected chi connectivity index (χ3v) is 3.99. The molecule has 2 N–H and O–H groups in total. The van der Waals surface area contributed by atoms with Gasteiger partial charge in [-0.25, -0.2) is 22.6 Å². The molecule has 0 aromatic carbocycles. The Morgan fingerprint density at radius 1 is 1.53 bits per heavy atom. The van der Waals surface area contributed by atoms with Gasteiger partial charge in [-0.3, -0.25) is 0 Å². The van der Waals surface area contributed by atoms with Crippen LogP contribution in [-0.4, -0.2) is 37.9 Å². The number of hydrogen-bond donors (Lipinski definition) is 2. The number of ether oxygens (including phenoxy) is 1. The van der Waals surface area contributed by atoms with Crippen LogP contribution in [0.4, 0.5) is 4.79 Å². The van der Waals surface area contributed by atoms with Crippen LogP contribution >= 0.6 is 0 Å². The van der Waals surface area contributed by atoms with Gasteiger partial charge in [0.25, 0.3) is 10.0 Å². The standard InChI is InChI=1S/C10H16N4O4S/c1-10(2)5-14-8(18-6-10)7(4-12-14)19(16,17)13-9(15)11-3/h4H,5-6H2,1-3H3,(H2,11,13,15). The van der Waals surface area contributed by atoms with Crippen LogP contribution < -0.4 is 14.8 Å². The maximum Gasteiger partial charge on any atom is 0.328 e. The second kappa shape index (κ2) is 4.41.